The number of hydrogen-bond acceptors (Lipinski definition) is 2. The molecule has 0 aromatic heterocycles. The molecule has 0 amide bonds. The summed E-state index contributed by atoms with van der Waals surface area (Å²) in [6.07, 6.45) is 7.34. The Balaban J connectivity index is 3.93. The molecule has 0 saturated heterocycles. The average Bonchev–Trinajstić information content (AvgIpc) is 2.11. The summed E-state index contributed by atoms with van der Waals surface area (Å²) in [5, 5.41) is 17.3. The first-order chi connectivity index (χ1) is 5.70. The van der Waals surface area contributed by atoms with Crippen molar-refractivity contribution in [3.8, 4) is 0 Å². The van der Waals surface area contributed by atoms with Crippen molar-refractivity contribution in [2.24, 2.45) is 0 Å². The van der Waals surface area contributed by atoms with Gasteiger partial charge in [0, 0.05) is 0 Å². The van der Waals surface area contributed by atoms with Gasteiger partial charge in [0.25, 0.3) is 0 Å². The zero-order chi connectivity index (χ0) is 9.40. The van der Waals surface area contributed by atoms with E-state index in [2.05, 4.69) is 0 Å². The molecule has 0 atom stereocenters. The van der Waals surface area contributed by atoms with E-state index in [9.17, 15) is 0 Å². The van der Waals surface area contributed by atoms with Gasteiger partial charge in [0.05, 0.1) is 13.2 Å². The number of allylic oxidation sites excluding steroid dienone is 4. The minimum Gasteiger partial charge on any atom is -0.392 e. The van der Waals surface area contributed by atoms with Crippen LogP contribution in [0.1, 0.15) is 13.8 Å². The van der Waals surface area contributed by atoms with Crippen molar-refractivity contribution in [2.75, 3.05) is 13.2 Å². The van der Waals surface area contributed by atoms with E-state index in [-0.39, 0.29) is 13.2 Å². The van der Waals surface area contributed by atoms with Crippen LogP contribution in [0.15, 0.2) is 35.5 Å². The topological polar surface area (TPSA) is 40.5 Å². The summed E-state index contributed by atoms with van der Waals surface area (Å²) >= 11 is 0. The molecule has 0 heterocycles. The SMILES string of the molecule is C\C(=C/C=C/C=C(\C)CO)CO. The number of aliphatic hydroxyl groups is 2. The Morgan fingerprint density at radius 2 is 1.25 bits per heavy atom. The van der Waals surface area contributed by atoms with Crippen molar-refractivity contribution >= 4 is 0 Å². The third-order valence-electron chi connectivity index (χ3n) is 1.37. The molecule has 0 radical (unpaired) electrons. The number of rotatable bonds is 4. The Kier molecular flexibility index (Phi) is 6.34. The van der Waals surface area contributed by atoms with E-state index in [1.54, 1.807) is 0 Å². The minimum absolute atomic E-state index is 0.0903. The second-order valence-corrected chi connectivity index (χ2v) is 2.73. The molecule has 68 valence electrons. The molecule has 0 aromatic rings. The molecule has 0 aliphatic carbocycles. The van der Waals surface area contributed by atoms with E-state index in [0.29, 0.717) is 0 Å². The molecule has 12 heavy (non-hydrogen) atoms. The molecule has 0 aromatic carbocycles. The van der Waals surface area contributed by atoms with E-state index in [0.717, 1.165) is 11.1 Å². The van der Waals surface area contributed by atoms with E-state index in [1.165, 1.54) is 0 Å². The Bertz CT molecular complexity index is 178. The molecule has 0 aliphatic heterocycles. The Labute approximate surface area is 73.5 Å². The van der Waals surface area contributed by atoms with Gasteiger partial charge in [-0.25, -0.2) is 0 Å². The van der Waals surface area contributed by atoms with Gasteiger partial charge in [-0.15, -0.1) is 0 Å². The first-order valence-electron chi connectivity index (χ1n) is 3.92. The van der Waals surface area contributed by atoms with Crippen LogP contribution in [0.3, 0.4) is 0 Å². The number of hydrogen-bond donors (Lipinski definition) is 2. The maximum absolute atomic E-state index is 8.63. The molecule has 0 spiro atoms. The van der Waals surface area contributed by atoms with Gasteiger partial charge in [0.2, 0.25) is 0 Å². The van der Waals surface area contributed by atoms with Gasteiger partial charge in [0.1, 0.15) is 0 Å². The maximum Gasteiger partial charge on any atom is 0.0642 e. The summed E-state index contributed by atoms with van der Waals surface area (Å²) in [5.74, 6) is 0. The van der Waals surface area contributed by atoms with Crippen LogP contribution in [0.4, 0.5) is 0 Å². The van der Waals surface area contributed by atoms with Crippen molar-refractivity contribution < 1.29 is 10.2 Å². The highest BCUT2D eigenvalue weighted by Crippen LogP contribution is 1.93. The zero-order valence-corrected chi connectivity index (χ0v) is 7.62. The number of aliphatic hydroxyl groups excluding tert-OH is 2. The third kappa shape index (κ3) is 5.89. The van der Waals surface area contributed by atoms with Crippen LogP contribution in [-0.4, -0.2) is 23.4 Å². The molecule has 2 nitrogen and oxygen atoms in total. The van der Waals surface area contributed by atoms with Crippen molar-refractivity contribution in [1.29, 1.82) is 0 Å². The molecule has 0 fully saturated rings. The van der Waals surface area contributed by atoms with Gasteiger partial charge in [-0.05, 0) is 25.0 Å². The lowest BCUT2D eigenvalue weighted by Gasteiger charge is -1.89. The molecule has 0 rings (SSSR count). The summed E-state index contributed by atoms with van der Waals surface area (Å²) in [7, 11) is 0. The largest absolute Gasteiger partial charge is 0.392 e. The smallest absolute Gasteiger partial charge is 0.0642 e. The quantitative estimate of drug-likeness (QED) is 0.623. The molecule has 2 heteroatoms. The Hall–Kier alpha value is -0.860. The summed E-state index contributed by atoms with van der Waals surface area (Å²) in [5.41, 5.74) is 1.84. The molecule has 0 aliphatic rings. The highest BCUT2D eigenvalue weighted by atomic mass is 16.3. The molecular formula is C10H16O2. The van der Waals surface area contributed by atoms with E-state index < -0.39 is 0 Å². The fraction of sp³-hybridized carbons (Fsp3) is 0.400. The summed E-state index contributed by atoms with van der Waals surface area (Å²) < 4.78 is 0. The molecule has 0 saturated carbocycles. The minimum atomic E-state index is 0.0903. The molecular weight excluding hydrogens is 152 g/mol. The van der Waals surface area contributed by atoms with Crippen LogP contribution in [-0.2, 0) is 0 Å². The first-order valence-corrected chi connectivity index (χ1v) is 3.92. The van der Waals surface area contributed by atoms with E-state index in [1.807, 2.05) is 38.2 Å². The second kappa shape index (κ2) is 6.83. The standard InChI is InChI=1S/C10H16O2/c1-9(7-11)5-3-4-6-10(2)8-12/h3-6,11-12H,7-8H2,1-2H3/b4-3+,9-5+,10-6+. The predicted octanol–water partition coefficient (Wildman–Crippen LogP) is 1.42. The van der Waals surface area contributed by atoms with Crippen molar-refractivity contribution in [1.82, 2.24) is 0 Å². The van der Waals surface area contributed by atoms with Crippen LogP contribution < -0.4 is 0 Å². The molecule has 0 unspecified atom stereocenters. The monoisotopic (exact) mass is 168 g/mol. The fourth-order valence-corrected chi connectivity index (χ4v) is 0.545. The van der Waals surface area contributed by atoms with Crippen LogP contribution in [0.25, 0.3) is 0 Å². The van der Waals surface area contributed by atoms with E-state index in [4.69, 9.17) is 10.2 Å². The third-order valence-corrected chi connectivity index (χ3v) is 1.37. The second-order valence-electron chi connectivity index (χ2n) is 2.73. The lowest BCUT2D eigenvalue weighted by molar-refractivity contribution is 0.331. The van der Waals surface area contributed by atoms with Crippen LogP contribution in [0, 0.1) is 0 Å². The summed E-state index contributed by atoms with van der Waals surface area (Å²) in [6, 6.07) is 0. The molecule has 0 bridgehead atoms. The van der Waals surface area contributed by atoms with Gasteiger partial charge in [-0.1, -0.05) is 24.3 Å². The predicted molar refractivity (Wildman–Crippen MR) is 50.8 cm³/mol. The van der Waals surface area contributed by atoms with Crippen molar-refractivity contribution in [2.45, 2.75) is 13.8 Å². The normalized spacial score (nSPS) is 14.3. The Morgan fingerprint density at radius 3 is 1.50 bits per heavy atom. The van der Waals surface area contributed by atoms with Gasteiger partial charge in [0.15, 0.2) is 0 Å². The fourth-order valence-electron chi connectivity index (χ4n) is 0.545. The molecule has 2 N–H and O–H groups in total. The lowest BCUT2D eigenvalue weighted by Crippen LogP contribution is -1.82. The van der Waals surface area contributed by atoms with Crippen LogP contribution in [0.2, 0.25) is 0 Å². The summed E-state index contributed by atoms with van der Waals surface area (Å²) in [4.78, 5) is 0. The maximum atomic E-state index is 8.63. The average molecular weight is 168 g/mol. The highest BCUT2D eigenvalue weighted by molar-refractivity contribution is 5.18. The van der Waals surface area contributed by atoms with Gasteiger partial charge in [-0.3, -0.25) is 0 Å². The van der Waals surface area contributed by atoms with Crippen LogP contribution in [0.5, 0.6) is 0 Å². The Morgan fingerprint density at radius 1 is 0.917 bits per heavy atom. The summed E-state index contributed by atoms with van der Waals surface area (Å²) in [6.45, 7) is 3.89. The zero-order valence-electron chi connectivity index (χ0n) is 7.62. The van der Waals surface area contributed by atoms with Crippen molar-refractivity contribution in [3.05, 3.63) is 35.5 Å². The first kappa shape index (κ1) is 11.1. The van der Waals surface area contributed by atoms with Gasteiger partial charge in [-0.2, -0.15) is 0 Å². The lowest BCUT2D eigenvalue weighted by atomic mass is 10.2. The van der Waals surface area contributed by atoms with Crippen LogP contribution >= 0.6 is 0 Å². The van der Waals surface area contributed by atoms with Gasteiger partial charge < -0.3 is 10.2 Å². The van der Waals surface area contributed by atoms with Crippen molar-refractivity contribution in [3.63, 3.8) is 0 Å². The van der Waals surface area contributed by atoms with E-state index >= 15 is 0 Å². The highest BCUT2D eigenvalue weighted by Gasteiger charge is 1.80. The van der Waals surface area contributed by atoms with Gasteiger partial charge >= 0.3 is 0 Å².